The molecule has 0 aromatic carbocycles. The van der Waals surface area contributed by atoms with Crippen LogP contribution in [-0.2, 0) is 10.0 Å². The van der Waals surface area contributed by atoms with Crippen LogP contribution in [0.4, 0.5) is 4.79 Å². The average molecular weight is 333 g/mol. The molecule has 1 unspecified atom stereocenters. The van der Waals surface area contributed by atoms with Gasteiger partial charge < -0.3 is 11.1 Å². The van der Waals surface area contributed by atoms with Gasteiger partial charge in [0.05, 0.1) is 5.02 Å². The summed E-state index contributed by atoms with van der Waals surface area (Å²) in [5.74, 6) is 0.0384. The highest BCUT2D eigenvalue weighted by Gasteiger charge is 2.31. The maximum Gasteiger partial charge on any atom is 0.312 e. The summed E-state index contributed by atoms with van der Waals surface area (Å²) in [6.45, 7) is 1.12. The van der Waals surface area contributed by atoms with E-state index in [4.69, 9.17) is 17.3 Å². The monoisotopic (exact) mass is 332 g/mol. The van der Waals surface area contributed by atoms with Crippen LogP contribution < -0.4 is 11.1 Å². The SMILES string of the molecule is NC(=O)NCC1CCCN(S(=O)(=O)c2cnccc2Cl)C1. The summed E-state index contributed by atoms with van der Waals surface area (Å²) < 4.78 is 26.5. The highest BCUT2D eigenvalue weighted by molar-refractivity contribution is 7.89. The van der Waals surface area contributed by atoms with Gasteiger partial charge >= 0.3 is 6.03 Å². The third kappa shape index (κ3) is 3.84. The van der Waals surface area contributed by atoms with Crippen LogP contribution >= 0.6 is 11.6 Å². The molecule has 0 spiro atoms. The number of aromatic nitrogens is 1. The summed E-state index contributed by atoms with van der Waals surface area (Å²) in [5.41, 5.74) is 5.03. The fourth-order valence-corrected chi connectivity index (χ4v) is 4.31. The zero-order valence-corrected chi connectivity index (χ0v) is 12.9. The van der Waals surface area contributed by atoms with Crippen molar-refractivity contribution in [3.05, 3.63) is 23.5 Å². The lowest BCUT2D eigenvalue weighted by molar-refractivity contribution is 0.236. The zero-order chi connectivity index (χ0) is 15.5. The van der Waals surface area contributed by atoms with Crippen molar-refractivity contribution in [3.63, 3.8) is 0 Å². The van der Waals surface area contributed by atoms with Crippen molar-refractivity contribution in [3.8, 4) is 0 Å². The van der Waals surface area contributed by atoms with Gasteiger partial charge in [0.1, 0.15) is 4.90 Å². The van der Waals surface area contributed by atoms with E-state index in [-0.39, 0.29) is 15.8 Å². The standard InChI is InChI=1S/C12H17ClN4O3S/c13-10-3-4-15-7-11(10)21(19,20)17-5-1-2-9(8-17)6-16-12(14)18/h3-4,7,9H,1-2,5-6,8H2,(H3,14,16,18). The number of primary amides is 1. The first-order chi connectivity index (χ1) is 9.91. The number of urea groups is 1. The number of sulfonamides is 1. The topological polar surface area (TPSA) is 105 Å². The molecule has 0 bridgehead atoms. The Morgan fingerprint density at radius 2 is 2.33 bits per heavy atom. The molecular formula is C12H17ClN4O3S. The van der Waals surface area contributed by atoms with Crippen LogP contribution in [0.5, 0.6) is 0 Å². The molecule has 116 valence electrons. The number of halogens is 1. The number of nitrogens with zero attached hydrogens (tertiary/aromatic N) is 2. The van der Waals surface area contributed by atoms with Crippen LogP contribution in [0, 0.1) is 5.92 Å². The van der Waals surface area contributed by atoms with Crippen LogP contribution in [0.3, 0.4) is 0 Å². The van der Waals surface area contributed by atoms with E-state index < -0.39 is 16.1 Å². The van der Waals surface area contributed by atoms with Crippen molar-refractivity contribution >= 4 is 27.7 Å². The van der Waals surface area contributed by atoms with Crippen molar-refractivity contribution in [2.24, 2.45) is 11.7 Å². The number of carbonyl (C=O) groups excluding carboxylic acids is 1. The first kappa shape index (κ1) is 16.0. The van der Waals surface area contributed by atoms with Gasteiger partial charge in [0.25, 0.3) is 0 Å². The number of hydrogen-bond acceptors (Lipinski definition) is 4. The molecule has 3 N–H and O–H groups in total. The number of pyridine rings is 1. The summed E-state index contributed by atoms with van der Waals surface area (Å²) in [5, 5.41) is 2.67. The van der Waals surface area contributed by atoms with Crippen LogP contribution in [0.2, 0.25) is 5.02 Å². The van der Waals surface area contributed by atoms with Crippen molar-refractivity contribution in [1.82, 2.24) is 14.6 Å². The quantitative estimate of drug-likeness (QED) is 0.850. The van der Waals surface area contributed by atoms with E-state index in [0.29, 0.717) is 19.6 Å². The summed E-state index contributed by atoms with van der Waals surface area (Å²) in [6.07, 6.45) is 4.26. The number of amides is 2. The second kappa shape index (κ2) is 6.59. The summed E-state index contributed by atoms with van der Waals surface area (Å²) in [6, 6.07) is 0.843. The minimum atomic E-state index is -3.67. The molecule has 1 fully saturated rings. The second-order valence-corrected chi connectivity index (χ2v) is 7.24. The van der Waals surface area contributed by atoms with E-state index >= 15 is 0 Å². The molecule has 1 aromatic heterocycles. The van der Waals surface area contributed by atoms with Crippen molar-refractivity contribution in [2.75, 3.05) is 19.6 Å². The minimum Gasteiger partial charge on any atom is -0.352 e. The van der Waals surface area contributed by atoms with Gasteiger partial charge in [-0.2, -0.15) is 4.31 Å². The summed E-state index contributed by atoms with van der Waals surface area (Å²) in [7, 11) is -3.67. The van der Waals surface area contributed by atoms with E-state index in [1.165, 1.54) is 22.8 Å². The first-order valence-electron chi connectivity index (χ1n) is 6.54. The van der Waals surface area contributed by atoms with E-state index in [9.17, 15) is 13.2 Å². The second-order valence-electron chi connectivity index (χ2n) is 4.92. The third-order valence-electron chi connectivity index (χ3n) is 3.40. The molecule has 0 aliphatic carbocycles. The Bertz CT molecular complexity index is 623. The van der Waals surface area contributed by atoms with E-state index in [0.717, 1.165) is 12.8 Å². The molecule has 1 aliphatic heterocycles. The minimum absolute atomic E-state index is 0.00942. The van der Waals surface area contributed by atoms with Gasteiger partial charge in [-0.1, -0.05) is 11.6 Å². The van der Waals surface area contributed by atoms with Gasteiger partial charge in [0.15, 0.2) is 0 Å². The van der Waals surface area contributed by atoms with Crippen LogP contribution in [0.25, 0.3) is 0 Å². The van der Waals surface area contributed by atoms with Gasteiger partial charge in [0.2, 0.25) is 10.0 Å². The molecule has 9 heteroatoms. The predicted molar refractivity (Wildman–Crippen MR) is 78.3 cm³/mol. The highest BCUT2D eigenvalue weighted by atomic mass is 35.5. The molecule has 1 aromatic rings. The number of nitrogens with two attached hydrogens (primary N) is 1. The molecular weight excluding hydrogens is 316 g/mol. The van der Waals surface area contributed by atoms with Gasteiger partial charge in [-0.15, -0.1) is 0 Å². The Labute approximate surface area is 128 Å². The number of hydrogen-bond donors (Lipinski definition) is 2. The number of carbonyl (C=O) groups is 1. The fourth-order valence-electron chi connectivity index (χ4n) is 2.35. The Balaban J connectivity index is 2.13. The maximum atomic E-state index is 12.6. The molecule has 1 saturated heterocycles. The first-order valence-corrected chi connectivity index (χ1v) is 8.36. The smallest absolute Gasteiger partial charge is 0.312 e. The maximum absolute atomic E-state index is 12.6. The molecule has 2 rings (SSSR count). The van der Waals surface area contributed by atoms with Gasteiger partial charge in [-0.25, -0.2) is 13.2 Å². The molecule has 21 heavy (non-hydrogen) atoms. The highest BCUT2D eigenvalue weighted by Crippen LogP contribution is 2.27. The molecule has 0 radical (unpaired) electrons. The van der Waals surface area contributed by atoms with Crippen LogP contribution in [0.1, 0.15) is 12.8 Å². The van der Waals surface area contributed by atoms with Gasteiger partial charge in [-0.05, 0) is 24.8 Å². The zero-order valence-electron chi connectivity index (χ0n) is 11.3. The van der Waals surface area contributed by atoms with Gasteiger partial charge in [-0.3, -0.25) is 4.98 Å². The van der Waals surface area contributed by atoms with Gasteiger partial charge in [0, 0.05) is 32.0 Å². The Morgan fingerprint density at radius 3 is 3.00 bits per heavy atom. The molecule has 2 amide bonds. The molecule has 7 nitrogen and oxygen atoms in total. The number of piperidine rings is 1. The third-order valence-corrected chi connectivity index (χ3v) is 5.73. The fraction of sp³-hybridized carbons (Fsp3) is 0.500. The number of nitrogens with one attached hydrogen (secondary N) is 1. The molecule has 0 saturated carbocycles. The molecule has 1 aliphatic rings. The predicted octanol–water partition coefficient (Wildman–Crippen LogP) is 0.804. The van der Waals surface area contributed by atoms with Crippen molar-refractivity contribution in [1.29, 1.82) is 0 Å². The van der Waals surface area contributed by atoms with Crippen LogP contribution in [0.15, 0.2) is 23.4 Å². The van der Waals surface area contributed by atoms with Crippen molar-refractivity contribution in [2.45, 2.75) is 17.7 Å². The van der Waals surface area contributed by atoms with Crippen LogP contribution in [-0.4, -0.2) is 43.4 Å². The number of rotatable bonds is 4. The summed E-state index contributed by atoms with van der Waals surface area (Å²) in [4.78, 5) is 14.6. The Morgan fingerprint density at radius 1 is 1.57 bits per heavy atom. The lowest BCUT2D eigenvalue weighted by atomic mass is 10.00. The average Bonchev–Trinajstić information content (AvgIpc) is 2.45. The van der Waals surface area contributed by atoms with E-state index in [1.807, 2.05) is 0 Å². The summed E-state index contributed by atoms with van der Waals surface area (Å²) >= 11 is 5.95. The van der Waals surface area contributed by atoms with E-state index in [2.05, 4.69) is 10.3 Å². The largest absolute Gasteiger partial charge is 0.352 e. The molecule has 2 heterocycles. The van der Waals surface area contributed by atoms with E-state index in [1.54, 1.807) is 0 Å². The normalized spacial score (nSPS) is 20.1. The lowest BCUT2D eigenvalue weighted by Gasteiger charge is -2.31. The molecule has 1 atom stereocenters. The Hall–Kier alpha value is -1.38. The lowest BCUT2D eigenvalue weighted by Crippen LogP contribution is -2.44. The van der Waals surface area contributed by atoms with Crippen molar-refractivity contribution < 1.29 is 13.2 Å². The Kier molecular flexibility index (Phi) is 5.02.